The number of ether oxygens (including phenoxy) is 3. The van der Waals surface area contributed by atoms with Crippen LogP contribution in [-0.2, 0) is 9.53 Å². The number of hydrogen-bond donors (Lipinski definition) is 1. The first-order chi connectivity index (χ1) is 15.3. The quantitative estimate of drug-likeness (QED) is 0.409. The van der Waals surface area contributed by atoms with Crippen molar-refractivity contribution in [3.05, 3.63) is 67.8 Å². The van der Waals surface area contributed by atoms with Gasteiger partial charge < -0.3 is 19.2 Å². The van der Waals surface area contributed by atoms with Gasteiger partial charge >= 0.3 is 11.7 Å². The molecule has 0 aliphatic carbocycles. The highest BCUT2D eigenvalue weighted by Gasteiger charge is 2.21. The van der Waals surface area contributed by atoms with Crippen LogP contribution in [0.25, 0.3) is 10.9 Å². The van der Waals surface area contributed by atoms with Gasteiger partial charge in [0.05, 0.1) is 35.4 Å². The van der Waals surface area contributed by atoms with Crippen molar-refractivity contribution >= 4 is 34.7 Å². The van der Waals surface area contributed by atoms with E-state index >= 15 is 0 Å². The number of nitrogens with zero attached hydrogens (tertiary/aromatic N) is 2. The molecule has 1 atom stereocenters. The minimum atomic E-state index is -0.902. The van der Waals surface area contributed by atoms with E-state index in [-0.39, 0.29) is 23.1 Å². The fourth-order valence-corrected chi connectivity index (χ4v) is 3.17. The van der Waals surface area contributed by atoms with Gasteiger partial charge in [0.25, 0.3) is 5.56 Å². The molecule has 0 aliphatic heterocycles. The van der Waals surface area contributed by atoms with Crippen LogP contribution in [0.2, 0.25) is 5.02 Å². The summed E-state index contributed by atoms with van der Waals surface area (Å²) < 4.78 is 16.9. The Morgan fingerprint density at radius 1 is 1.22 bits per heavy atom. The molecule has 0 radical (unpaired) electrons. The molecule has 0 saturated carbocycles. The van der Waals surface area contributed by atoms with Crippen molar-refractivity contribution in [2.75, 3.05) is 13.2 Å². The molecule has 1 heterocycles. The van der Waals surface area contributed by atoms with Crippen molar-refractivity contribution in [2.24, 2.45) is 5.10 Å². The molecule has 0 amide bonds. The highest BCUT2D eigenvalue weighted by molar-refractivity contribution is 6.32. The monoisotopic (exact) mass is 459 g/mol. The predicted molar refractivity (Wildman–Crippen MR) is 121 cm³/mol. The molecule has 3 rings (SSSR count). The van der Waals surface area contributed by atoms with E-state index in [1.54, 1.807) is 44.2 Å². The topological polar surface area (TPSA) is 112 Å². The average Bonchev–Trinajstić information content (AvgIpc) is 2.76. The summed E-state index contributed by atoms with van der Waals surface area (Å²) in [7, 11) is 0. The number of esters is 1. The Kier molecular flexibility index (Phi) is 7.32. The SMILES string of the molecule is CCOC(=O)[C@H](C)Oc1c(Cl)cc(C=Nn2c(=O)[nH]c3ccccc3c2=O)cc1OCC. The lowest BCUT2D eigenvalue weighted by atomic mass is 10.2. The number of carbonyl (C=O) groups is 1. The number of fused-ring (bicyclic) bond motifs is 1. The summed E-state index contributed by atoms with van der Waals surface area (Å²) >= 11 is 6.36. The number of aromatic nitrogens is 2. The van der Waals surface area contributed by atoms with Crippen LogP contribution in [0.3, 0.4) is 0 Å². The number of hydrogen-bond acceptors (Lipinski definition) is 7. The van der Waals surface area contributed by atoms with Crippen molar-refractivity contribution in [3.63, 3.8) is 0 Å². The third-order valence-corrected chi connectivity index (χ3v) is 4.63. The smallest absolute Gasteiger partial charge is 0.349 e. The molecule has 0 saturated heterocycles. The van der Waals surface area contributed by atoms with E-state index in [0.717, 1.165) is 4.68 Å². The Morgan fingerprint density at radius 2 is 1.97 bits per heavy atom. The van der Waals surface area contributed by atoms with Gasteiger partial charge in [-0.15, -0.1) is 4.68 Å². The summed E-state index contributed by atoms with van der Waals surface area (Å²) in [5, 5.41) is 4.51. The Hall–Kier alpha value is -3.59. The van der Waals surface area contributed by atoms with E-state index in [9.17, 15) is 14.4 Å². The third kappa shape index (κ3) is 5.00. The van der Waals surface area contributed by atoms with Crippen LogP contribution >= 0.6 is 11.6 Å². The van der Waals surface area contributed by atoms with Crippen molar-refractivity contribution in [1.82, 2.24) is 9.66 Å². The summed E-state index contributed by atoms with van der Waals surface area (Å²) in [6, 6.07) is 9.74. The summed E-state index contributed by atoms with van der Waals surface area (Å²) in [4.78, 5) is 39.4. The van der Waals surface area contributed by atoms with Crippen LogP contribution < -0.4 is 20.7 Å². The van der Waals surface area contributed by atoms with Gasteiger partial charge in [-0.3, -0.25) is 4.79 Å². The zero-order valence-corrected chi connectivity index (χ0v) is 18.5. The summed E-state index contributed by atoms with van der Waals surface area (Å²) in [6.07, 6.45) is 0.402. The number of benzene rings is 2. The molecular weight excluding hydrogens is 438 g/mol. The van der Waals surface area contributed by atoms with Crippen LogP contribution in [0, 0.1) is 0 Å². The zero-order chi connectivity index (χ0) is 23.3. The molecule has 32 heavy (non-hydrogen) atoms. The maximum atomic E-state index is 12.6. The Balaban J connectivity index is 1.97. The van der Waals surface area contributed by atoms with E-state index in [2.05, 4.69) is 10.1 Å². The molecule has 1 aromatic heterocycles. The molecule has 0 spiro atoms. The number of aromatic amines is 1. The maximum absolute atomic E-state index is 12.6. The van der Waals surface area contributed by atoms with Gasteiger partial charge in [-0.05, 0) is 50.6 Å². The molecule has 0 fully saturated rings. The van der Waals surface area contributed by atoms with Gasteiger partial charge in [-0.2, -0.15) is 5.10 Å². The molecular formula is C22H22ClN3O6. The van der Waals surface area contributed by atoms with Crippen LogP contribution in [0.5, 0.6) is 11.5 Å². The number of rotatable bonds is 8. The molecule has 1 N–H and O–H groups in total. The Labute approximate surface area is 188 Å². The number of halogens is 1. The summed E-state index contributed by atoms with van der Waals surface area (Å²) in [5.74, 6) is -0.0872. The molecule has 2 aromatic carbocycles. The highest BCUT2D eigenvalue weighted by atomic mass is 35.5. The van der Waals surface area contributed by atoms with Gasteiger partial charge in [0.2, 0.25) is 0 Å². The third-order valence-electron chi connectivity index (χ3n) is 4.35. The highest BCUT2D eigenvalue weighted by Crippen LogP contribution is 2.37. The van der Waals surface area contributed by atoms with Crippen LogP contribution in [0.4, 0.5) is 0 Å². The average molecular weight is 460 g/mol. The zero-order valence-electron chi connectivity index (χ0n) is 17.8. The molecule has 0 bridgehead atoms. The van der Waals surface area contributed by atoms with Gasteiger partial charge in [-0.25, -0.2) is 9.59 Å². The van der Waals surface area contributed by atoms with E-state index in [0.29, 0.717) is 23.1 Å². The summed E-state index contributed by atoms with van der Waals surface area (Å²) in [5.41, 5.74) is -0.355. The van der Waals surface area contributed by atoms with Crippen LogP contribution in [-0.4, -0.2) is 41.2 Å². The van der Waals surface area contributed by atoms with E-state index < -0.39 is 23.3 Å². The van der Waals surface area contributed by atoms with E-state index in [1.807, 2.05) is 0 Å². The molecule has 0 unspecified atom stereocenters. The van der Waals surface area contributed by atoms with Gasteiger partial charge in [0.15, 0.2) is 17.6 Å². The van der Waals surface area contributed by atoms with Crippen LogP contribution in [0.15, 0.2) is 51.1 Å². The fraction of sp³-hybridized carbons (Fsp3) is 0.273. The lowest BCUT2D eigenvalue weighted by Gasteiger charge is -2.18. The first kappa shape index (κ1) is 23.1. The summed E-state index contributed by atoms with van der Waals surface area (Å²) in [6.45, 7) is 5.55. The molecule has 9 nitrogen and oxygen atoms in total. The van der Waals surface area contributed by atoms with Crippen LogP contribution in [0.1, 0.15) is 26.3 Å². The second-order valence-corrected chi connectivity index (χ2v) is 7.02. The Bertz CT molecular complexity index is 1280. The largest absolute Gasteiger partial charge is 0.490 e. The van der Waals surface area contributed by atoms with Gasteiger partial charge in [0, 0.05) is 0 Å². The second kappa shape index (κ2) is 10.1. The lowest BCUT2D eigenvalue weighted by molar-refractivity contribution is -0.150. The second-order valence-electron chi connectivity index (χ2n) is 6.61. The molecule has 168 valence electrons. The maximum Gasteiger partial charge on any atom is 0.349 e. The normalized spacial score (nSPS) is 12.1. The lowest BCUT2D eigenvalue weighted by Crippen LogP contribution is -2.32. The molecule has 0 aliphatic rings. The molecule has 3 aromatic rings. The van der Waals surface area contributed by atoms with E-state index in [4.69, 9.17) is 25.8 Å². The van der Waals surface area contributed by atoms with Crippen molar-refractivity contribution < 1.29 is 19.0 Å². The first-order valence-corrected chi connectivity index (χ1v) is 10.3. The standard InChI is InChI=1S/C22H22ClN3O6/c1-4-30-18-11-14(10-16(23)19(18)32-13(3)21(28)31-5-2)12-24-26-20(27)15-8-6-7-9-17(15)25-22(26)29/h6-13H,4-5H2,1-3H3,(H,25,29)/t13-/m0/s1. The molecule has 10 heteroatoms. The van der Waals surface area contributed by atoms with Gasteiger partial charge in [-0.1, -0.05) is 23.7 Å². The number of carbonyl (C=O) groups excluding carboxylic acids is 1. The van der Waals surface area contributed by atoms with Crippen molar-refractivity contribution in [2.45, 2.75) is 26.9 Å². The van der Waals surface area contributed by atoms with Gasteiger partial charge in [0.1, 0.15) is 0 Å². The minimum Gasteiger partial charge on any atom is -0.490 e. The van der Waals surface area contributed by atoms with Crippen molar-refractivity contribution in [1.29, 1.82) is 0 Å². The fourth-order valence-electron chi connectivity index (χ4n) is 2.91. The first-order valence-electron chi connectivity index (χ1n) is 9.93. The van der Waals surface area contributed by atoms with Crippen molar-refractivity contribution in [3.8, 4) is 11.5 Å². The predicted octanol–water partition coefficient (Wildman–Crippen LogP) is 2.95. The minimum absolute atomic E-state index is 0.160. The van der Waals surface area contributed by atoms with E-state index in [1.165, 1.54) is 19.2 Å². The number of para-hydroxylation sites is 1. The Morgan fingerprint density at radius 3 is 2.69 bits per heavy atom. The number of nitrogens with one attached hydrogen (secondary N) is 1. The number of H-pyrrole nitrogens is 1.